The molecule has 0 bridgehead atoms. The zero-order valence-electron chi connectivity index (χ0n) is 17.1. The lowest BCUT2D eigenvalue weighted by Gasteiger charge is -2.16. The second-order valence-corrected chi connectivity index (χ2v) is 6.80. The first-order valence-corrected chi connectivity index (χ1v) is 9.39. The Labute approximate surface area is 181 Å². The van der Waals surface area contributed by atoms with E-state index in [0.29, 0.717) is 5.75 Å². The number of benzene rings is 2. The maximum atomic E-state index is 13.1. The van der Waals surface area contributed by atoms with Gasteiger partial charge in [0.15, 0.2) is 12.7 Å². The van der Waals surface area contributed by atoms with E-state index in [1.54, 1.807) is 12.1 Å². The number of nitrogens with zero attached hydrogens (tertiary/aromatic N) is 3. The molecule has 1 atom stereocenters. The number of anilines is 1. The first-order valence-electron chi connectivity index (χ1n) is 9.39. The lowest BCUT2D eigenvalue weighted by Crippen LogP contribution is -2.30. The minimum Gasteiger partial charge on any atom is -0.479 e. The van der Waals surface area contributed by atoms with Gasteiger partial charge in [-0.25, -0.2) is 14.5 Å². The van der Waals surface area contributed by atoms with Gasteiger partial charge in [-0.2, -0.15) is 18.3 Å². The number of alkyl halides is 3. The van der Waals surface area contributed by atoms with E-state index in [2.05, 4.69) is 15.4 Å². The van der Waals surface area contributed by atoms with Crippen molar-refractivity contribution < 1.29 is 32.2 Å². The normalized spacial score (nSPS) is 12.2. The Morgan fingerprint density at radius 3 is 2.50 bits per heavy atom. The lowest BCUT2D eigenvalue weighted by molar-refractivity contribution is -0.153. The highest BCUT2D eigenvalue weighted by Gasteiger charge is 2.31. The van der Waals surface area contributed by atoms with Crippen LogP contribution in [-0.4, -0.2) is 39.4 Å². The fourth-order valence-electron chi connectivity index (χ4n) is 2.65. The van der Waals surface area contributed by atoms with E-state index in [1.807, 2.05) is 19.1 Å². The quantitative estimate of drug-likeness (QED) is 0.556. The summed E-state index contributed by atoms with van der Waals surface area (Å²) in [4.78, 5) is 28.1. The van der Waals surface area contributed by atoms with Crippen LogP contribution in [0.1, 0.15) is 18.1 Å². The molecule has 0 aliphatic carbocycles. The van der Waals surface area contributed by atoms with Gasteiger partial charge in [0.1, 0.15) is 18.4 Å². The van der Waals surface area contributed by atoms with E-state index in [-0.39, 0.29) is 11.4 Å². The Kier molecular flexibility index (Phi) is 6.76. The van der Waals surface area contributed by atoms with Gasteiger partial charge < -0.3 is 14.8 Å². The third-order valence-corrected chi connectivity index (χ3v) is 4.27. The van der Waals surface area contributed by atoms with Gasteiger partial charge in [-0.3, -0.25) is 4.79 Å². The monoisotopic (exact) mass is 448 g/mol. The second-order valence-electron chi connectivity index (χ2n) is 6.80. The van der Waals surface area contributed by atoms with Crippen LogP contribution < -0.4 is 10.1 Å². The molecule has 3 aromatic rings. The SMILES string of the molecule is Cc1ccc(OC(C)C(=O)OCC(=O)Nc2cc(C(F)(F)F)ccc2-n2cncn2)cc1. The van der Waals surface area contributed by atoms with Crippen LogP contribution in [0.5, 0.6) is 5.75 Å². The zero-order chi connectivity index (χ0) is 23.3. The molecule has 1 aromatic heterocycles. The van der Waals surface area contributed by atoms with Gasteiger partial charge in [0, 0.05) is 0 Å². The highest BCUT2D eigenvalue weighted by molar-refractivity contribution is 5.95. The first-order chi connectivity index (χ1) is 15.1. The molecule has 0 aliphatic rings. The number of aryl methyl sites for hydroxylation is 1. The van der Waals surface area contributed by atoms with E-state index >= 15 is 0 Å². The summed E-state index contributed by atoms with van der Waals surface area (Å²) in [5.41, 5.74) is 0.0412. The van der Waals surface area contributed by atoms with Gasteiger partial charge in [-0.05, 0) is 44.2 Å². The first kappa shape index (κ1) is 22.8. The average Bonchev–Trinajstić information content (AvgIpc) is 3.27. The summed E-state index contributed by atoms with van der Waals surface area (Å²) >= 11 is 0. The molecular formula is C21H19F3N4O4. The van der Waals surface area contributed by atoms with Crippen molar-refractivity contribution in [2.24, 2.45) is 0 Å². The lowest BCUT2D eigenvalue weighted by atomic mass is 10.1. The predicted molar refractivity (Wildman–Crippen MR) is 107 cm³/mol. The fourth-order valence-corrected chi connectivity index (χ4v) is 2.65. The average molecular weight is 448 g/mol. The van der Waals surface area contributed by atoms with Crippen molar-refractivity contribution in [3.8, 4) is 11.4 Å². The third kappa shape index (κ3) is 5.84. The molecule has 1 amide bonds. The Bertz CT molecular complexity index is 1080. The molecule has 0 aliphatic heterocycles. The second kappa shape index (κ2) is 9.50. The fraction of sp³-hybridized carbons (Fsp3) is 0.238. The van der Waals surface area contributed by atoms with E-state index in [4.69, 9.17) is 9.47 Å². The molecule has 32 heavy (non-hydrogen) atoms. The largest absolute Gasteiger partial charge is 0.479 e. The van der Waals surface area contributed by atoms with Gasteiger partial charge in [-0.15, -0.1) is 0 Å². The van der Waals surface area contributed by atoms with Gasteiger partial charge in [-0.1, -0.05) is 17.7 Å². The number of rotatable bonds is 7. The summed E-state index contributed by atoms with van der Waals surface area (Å²) in [6, 6.07) is 9.76. The van der Waals surface area contributed by atoms with Crippen LogP contribution >= 0.6 is 0 Å². The topological polar surface area (TPSA) is 95.3 Å². The molecule has 1 heterocycles. The molecule has 1 unspecified atom stereocenters. The minimum atomic E-state index is -4.62. The van der Waals surface area contributed by atoms with Crippen LogP contribution in [0, 0.1) is 6.92 Å². The molecule has 2 aromatic carbocycles. The van der Waals surface area contributed by atoms with Gasteiger partial charge in [0.25, 0.3) is 5.91 Å². The Morgan fingerprint density at radius 1 is 1.16 bits per heavy atom. The minimum absolute atomic E-state index is 0.159. The number of ether oxygens (including phenoxy) is 2. The number of amides is 1. The number of aromatic nitrogens is 3. The smallest absolute Gasteiger partial charge is 0.416 e. The molecule has 0 fully saturated rings. The van der Waals surface area contributed by atoms with Crippen LogP contribution in [0.25, 0.3) is 5.69 Å². The van der Waals surface area contributed by atoms with E-state index in [0.717, 1.165) is 23.8 Å². The molecule has 8 nitrogen and oxygen atoms in total. The zero-order valence-corrected chi connectivity index (χ0v) is 17.1. The van der Waals surface area contributed by atoms with Crippen molar-refractivity contribution in [3.05, 3.63) is 66.2 Å². The predicted octanol–water partition coefficient (Wildman–Crippen LogP) is 3.54. The van der Waals surface area contributed by atoms with Gasteiger partial charge >= 0.3 is 12.1 Å². The van der Waals surface area contributed by atoms with E-state index < -0.39 is 36.3 Å². The standard InChI is InChI=1S/C21H19F3N4O4/c1-13-3-6-16(7-4-13)32-14(2)20(30)31-10-19(29)27-17-9-15(21(22,23)24)5-8-18(17)28-12-25-11-26-28/h3-9,11-12,14H,10H2,1-2H3,(H,27,29). The number of esters is 1. The summed E-state index contributed by atoms with van der Waals surface area (Å²) in [6.45, 7) is 2.64. The van der Waals surface area contributed by atoms with Crippen LogP contribution in [0.4, 0.5) is 18.9 Å². The van der Waals surface area contributed by atoms with Crippen molar-refractivity contribution in [2.75, 3.05) is 11.9 Å². The van der Waals surface area contributed by atoms with Crippen LogP contribution in [0.3, 0.4) is 0 Å². The maximum Gasteiger partial charge on any atom is 0.416 e. The molecule has 11 heteroatoms. The van der Waals surface area contributed by atoms with Gasteiger partial charge in [0.2, 0.25) is 0 Å². The summed E-state index contributed by atoms with van der Waals surface area (Å²) in [7, 11) is 0. The van der Waals surface area contributed by atoms with Crippen LogP contribution in [0.2, 0.25) is 0 Å². The van der Waals surface area contributed by atoms with Crippen molar-refractivity contribution in [2.45, 2.75) is 26.1 Å². The van der Waals surface area contributed by atoms with Crippen LogP contribution in [0.15, 0.2) is 55.1 Å². The molecule has 0 radical (unpaired) electrons. The Morgan fingerprint density at radius 2 is 1.88 bits per heavy atom. The van der Waals surface area contributed by atoms with Crippen molar-refractivity contribution in [1.82, 2.24) is 14.8 Å². The number of hydrogen-bond donors (Lipinski definition) is 1. The van der Waals surface area contributed by atoms with Crippen molar-refractivity contribution in [1.29, 1.82) is 0 Å². The molecule has 3 rings (SSSR count). The number of carbonyl (C=O) groups excluding carboxylic acids is 2. The third-order valence-electron chi connectivity index (χ3n) is 4.27. The summed E-state index contributed by atoms with van der Waals surface area (Å²) in [6.07, 6.45) is -3.15. The molecular weight excluding hydrogens is 429 g/mol. The van der Waals surface area contributed by atoms with E-state index in [1.165, 1.54) is 24.3 Å². The molecule has 1 N–H and O–H groups in total. The Balaban J connectivity index is 1.64. The summed E-state index contributed by atoms with van der Waals surface area (Å²) in [5.74, 6) is -1.19. The number of halogens is 3. The van der Waals surface area contributed by atoms with Crippen LogP contribution in [-0.2, 0) is 20.5 Å². The van der Waals surface area contributed by atoms with E-state index in [9.17, 15) is 22.8 Å². The number of nitrogens with one attached hydrogen (secondary N) is 1. The summed E-state index contributed by atoms with van der Waals surface area (Å²) < 4.78 is 50.9. The summed E-state index contributed by atoms with van der Waals surface area (Å²) in [5, 5.41) is 6.18. The maximum absolute atomic E-state index is 13.1. The number of hydrogen-bond acceptors (Lipinski definition) is 6. The number of carbonyl (C=O) groups is 2. The highest BCUT2D eigenvalue weighted by Crippen LogP contribution is 2.33. The Hall–Kier alpha value is -3.89. The molecule has 0 saturated carbocycles. The molecule has 168 valence electrons. The van der Waals surface area contributed by atoms with Crippen molar-refractivity contribution >= 4 is 17.6 Å². The highest BCUT2D eigenvalue weighted by atomic mass is 19.4. The molecule has 0 spiro atoms. The van der Waals surface area contributed by atoms with Gasteiger partial charge in [0.05, 0.1) is 16.9 Å². The molecule has 0 saturated heterocycles. The van der Waals surface area contributed by atoms with Crippen molar-refractivity contribution in [3.63, 3.8) is 0 Å².